The molecular formula is C11H12N2S. The number of aromatic nitrogens is 2. The fraction of sp³-hybridized carbons (Fsp3) is 0.182. The molecule has 2 aromatic rings. The molecule has 1 aromatic heterocycles. The van der Waals surface area contributed by atoms with Crippen LogP contribution in [-0.4, -0.2) is 9.78 Å². The van der Waals surface area contributed by atoms with Crippen LogP contribution >= 0.6 is 12.2 Å². The van der Waals surface area contributed by atoms with Crippen molar-refractivity contribution in [3.05, 3.63) is 46.7 Å². The monoisotopic (exact) mass is 204 g/mol. The molecule has 0 bridgehead atoms. The Bertz CT molecular complexity index is 468. The van der Waals surface area contributed by atoms with E-state index in [4.69, 9.17) is 12.2 Å². The Morgan fingerprint density at radius 2 is 2.00 bits per heavy atom. The van der Waals surface area contributed by atoms with Crippen molar-refractivity contribution < 1.29 is 0 Å². The van der Waals surface area contributed by atoms with Crippen molar-refractivity contribution in [2.75, 3.05) is 0 Å². The second kappa shape index (κ2) is 3.80. The smallest absolute Gasteiger partial charge is 0.130 e. The molecule has 0 aliphatic carbocycles. The Balaban J connectivity index is 2.53. The van der Waals surface area contributed by atoms with Crippen LogP contribution in [0.25, 0.3) is 5.69 Å². The minimum absolute atomic E-state index is 0.874. The number of para-hydroxylation sites is 1. The number of H-pyrrole nitrogens is 1. The highest BCUT2D eigenvalue weighted by atomic mass is 32.1. The topological polar surface area (TPSA) is 20.7 Å². The van der Waals surface area contributed by atoms with Crippen LogP contribution in [-0.2, 0) is 6.42 Å². The van der Waals surface area contributed by atoms with Gasteiger partial charge >= 0.3 is 0 Å². The summed E-state index contributed by atoms with van der Waals surface area (Å²) in [5, 5.41) is 3.15. The summed E-state index contributed by atoms with van der Waals surface area (Å²) >= 11 is 5.34. The second-order valence-corrected chi connectivity index (χ2v) is 3.52. The molecule has 2 nitrogen and oxygen atoms in total. The summed E-state index contributed by atoms with van der Waals surface area (Å²) in [5.41, 5.74) is 2.26. The number of nitrogens with zero attached hydrogens (tertiary/aromatic N) is 1. The molecule has 3 heteroatoms. The van der Waals surface area contributed by atoms with Gasteiger partial charge in [-0.3, -0.25) is 5.10 Å². The normalized spacial score (nSPS) is 10.4. The van der Waals surface area contributed by atoms with Crippen LogP contribution in [0.1, 0.15) is 12.5 Å². The molecule has 0 atom stereocenters. The lowest BCUT2D eigenvalue weighted by Crippen LogP contribution is -1.95. The summed E-state index contributed by atoms with van der Waals surface area (Å²) in [7, 11) is 0. The maximum absolute atomic E-state index is 5.34. The minimum atomic E-state index is 0.874. The van der Waals surface area contributed by atoms with Gasteiger partial charge < -0.3 is 0 Å². The van der Waals surface area contributed by atoms with E-state index >= 15 is 0 Å². The Kier molecular flexibility index (Phi) is 2.50. The molecule has 1 heterocycles. The maximum Gasteiger partial charge on any atom is 0.130 e. The van der Waals surface area contributed by atoms with Crippen LogP contribution in [0.4, 0.5) is 0 Å². The van der Waals surface area contributed by atoms with Crippen LogP contribution in [0, 0.1) is 4.64 Å². The van der Waals surface area contributed by atoms with Crippen LogP contribution in [0.3, 0.4) is 0 Å². The number of aromatic amines is 1. The van der Waals surface area contributed by atoms with Crippen molar-refractivity contribution in [1.82, 2.24) is 9.78 Å². The fourth-order valence-electron chi connectivity index (χ4n) is 1.43. The predicted octanol–water partition coefficient (Wildman–Crippen LogP) is 3.10. The van der Waals surface area contributed by atoms with E-state index in [0.717, 1.165) is 16.7 Å². The maximum atomic E-state index is 5.34. The van der Waals surface area contributed by atoms with Gasteiger partial charge in [-0.25, -0.2) is 4.68 Å². The lowest BCUT2D eigenvalue weighted by atomic mass is 10.3. The standard InChI is InChI=1S/C11H12N2S/c1-2-9-8-12-13(11(9)14)10-6-4-3-5-7-10/h3-8,12H,2H2,1H3. The molecule has 0 spiro atoms. The molecule has 72 valence electrons. The number of hydrogen-bond donors (Lipinski definition) is 1. The zero-order valence-corrected chi connectivity index (χ0v) is 8.84. The van der Waals surface area contributed by atoms with E-state index in [1.807, 2.05) is 41.2 Å². The average molecular weight is 204 g/mol. The van der Waals surface area contributed by atoms with Gasteiger partial charge in [0.25, 0.3) is 0 Å². The Labute approximate surface area is 88.2 Å². The Hall–Kier alpha value is -1.35. The van der Waals surface area contributed by atoms with E-state index in [0.29, 0.717) is 0 Å². The molecule has 1 aromatic carbocycles. The van der Waals surface area contributed by atoms with E-state index in [1.165, 1.54) is 5.56 Å². The molecule has 0 radical (unpaired) electrons. The minimum Gasteiger partial charge on any atom is -0.300 e. The molecule has 0 saturated carbocycles. The number of rotatable bonds is 2. The van der Waals surface area contributed by atoms with Gasteiger partial charge in [0.2, 0.25) is 0 Å². The predicted molar refractivity (Wildman–Crippen MR) is 60.3 cm³/mol. The summed E-state index contributed by atoms with van der Waals surface area (Å²) in [4.78, 5) is 0. The first kappa shape index (κ1) is 9.21. The van der Waals surface area contributed by atoms with Crippen molar-refractivity contribution >= 4 is 12.2 Å². The molecule has 0 amide bonds. The SMILES string of the molecule is CCc1c[nH]n(-c2ccccc2)c1=S. The van der Waals surface area contributed by atoms with E-state index in [9.17, 15) is 0 Å². The molecule has 14 heavy (non-hydrogen) atoms. The fourth-order valence-corrected chi connectivity index (χ4v) is 1.79. The Morgan fingerprint density at radius 3 is 2.57 bits per heavy atom. The van der Waals surface area contributed by atoms with E-state index in [2.05, 4.69) is 12.0 Å². The molecule has 0 unspecified atom stereocenters. The number of nitrogens with one attached hydrogen (secondary N) is 1. The van der Waals surface area contributed by atoms with Gasteiger partial charge in [0, 0.05) is 11.8 Å². The zero-order valence-electron chi connectivity index (χ0n) is 8.03. The number of aryl methyl sites for hydroxylation is 1. The van der Waals surface area contributed by atoms with Gasteiger partial charge in [0.1, 0.15) is 4.64 Å². The summed E-state index contributed by atoms with van der Waals surface area (Å²) in [6, 6.07) is 10.1. The summed E-state index contributed by atoms with van der Waals surface area (Å²) in [6.07, 6.45) is 2.94. The van der Waals surface area contributed by atoms with Gasteiger partial charge in [-0.05, 0) is 18.6 Å². The average Bonchev–Trinajstić information content (AvgIpc) is 2.61. The lowest BCUT2D eigenvalue weighted by Gasteiger charge is -2.00. The molecule has 0 aliphatic heterocycles. The van der Waals surface area contributed by atoms with Gasteiger partial charge in [-0.2, -0.15) is 0 Å². The van der Waals surface area contributed by atoms with Crippen molar-refractivity contribution in [1.29, 1.82) is 0 Å². The summed E-state index contributed by atoms with van der Waals surface area (Å²) < 4.78 is 2.80. The highest BCUT2D eigenvalue weighted by molar-refractivity contribution is 7.71. The van der Waals surface area contributed by atoms with E-state index in [1.54, 1.807) is 0 Å². The first-order chi connectivity index (χ1) is 6.83. The van der Waals surface area contributed by atoms with Gasteiger partial charge in [-0.1, -0.05) is 37.3 Å². The Morgan fingerprint density at radius 1 is 1.29 bits per heavy atom. The second-order valence-electron chi connectivity index (χ2n) is 3.13. The molecule has 2 rings (SSSR count). The molecular weight excluding hydrogens is 192 g/mol. The third-order valence-corrected chi connectivity index (χ3v) is 2.69. The highest BCUT2D eigenvalue weighted by Gasteiger charge is 2.01. The van der Waals surface area contributed by atoms with Gasteiger partial charge in [0.05, 0.1) is 5.69 Å². The quantitative estimate of drug-likeness (QED) is 0.745. The van der Waals surface area contributed by atoms with E-state index in [-0.39, 0.29) is 0 Å². The van der Waals surface area contributed by atoms with Crippen LogP contribution in [0.2, 0.25) is 0 Å². The third kappa shape index (κ3) is 1.51. The number of hydrogen-bond acceptors (Lipinski definition) is 1. The molecule has 1 N–H and O–H groups in total. The number of benzene rings is 1. The third-order valence-electron chi connectivity index (χ3n) is 2.24. The first-order valence-corrected chi connectivity index (χ1v) is 5.08. The van der Waals surface area contributed by atoms with Crippen molar-refractivity contribution in [3.8, 4) is 5.69 Å². The van der Waals surface area contributed by atoms with Crippen molar-refractivity contribution in [2.24, 2.45) is 0 Å². The lowest BCUT2D eigenvalue weighted by molar-refractivity contribution is 0.867. The zero-order chi connectivity index (χ0) is 9.97. The van der Waals surface area contributed by atoms with E-state index < -0.39 is 0 Å². The van der Waals surface area contributed by atoms with Gasteiger partial charge in [-0.15, -0.1) is 0 Å². The summed E-state index contributed by atoms with van der Waals surface area (Å²) in [5.74, 6) is 0. The van der Waals surface area contributed by atoms with Crippen molar-refractivity contribution in [2.45, 2.75) is 13.3 Å². The molecule has 0 aliphatic rings. The van der Waals surface area contributed by atoms with Crippen molar-refractivity contribution in [3.63, 3.8) is 0 Å². The molecule has 0 saturated heterocycles. The molecule has 0 fully saturated rings. The van der Waals surface area contributed by atoms with Crippen LogP contribution < -0.4 is 0 Å². The van der Waals surface area contributed by atoms with Crippen LogP contribution in [0.15, 0.2) is 36.5 Å². The summed E-state index contributed by atoms with van der Waals surface area (Å²) in [6.45, 7) is 2.11. The largest absolute Gasteiger partial charge is 0.300 e. The van der Waals surface area contributed by atoms with Crippen LogP contribution in [0.5, 0.6) is 0 Å². The first-order valence-electron chi connectivity index (χ1n) is 4.67. The highest BCUT2D eigenvalue weighted by Crippen LogP contribution is 2.10. The van der Waals surface area contributed by atoms with Gasteiger partial charge in [0.15, 0.2) is 0 Å².